The Kier molecular flexibility index (Phi) is 4.69. The second kappa shape index (κ2) is 6.48. The summed E-state index contributed by atoms with van der Waals surface area (Å²) in [6.07, 6.45) is 7.00. The van der Waals surface area contributed by atoms with Crippen molar-refractivity contribution in [3.8, 4) is 6.07 Å². The van der Waals surface area contributed by atoms with Crippen LogP contribution >= 0.6 is 0 Å². The van der Waals surface area contributed by atoms with Gasteiger partial charge in [0, 0.05) is 24.8 Å². The number of hydrogen-bond acceptors (Lipinski definition) is 5. The molecular weight excluding hydrogens is 238 g/mol. The zero-order valence-corrected chi connectivity index (χ0v) is 11.4. The molecule has 1 aliphatic carbocycles. The number of anilines is 1. The zero-order chi connectivity index (χ0) is 13.7. The number of aromatic nitrogens is 2. The predicted molar refractivity (Wildman–Crippen MR) is 74.6 cm³/mol. The number of nitrogens with zero attached hydrogens (tertiary/aromatic N) is 4. The highest BCUT2D eigenvalue weighted by Gasteiger charge is 2.25. The largest absolute Gasteiger partial charge is 0.338 e. The van der Waals surface area contributed by atoms with Gasteiger partial charge in [-0.15, -0.1) is 0 Å². The average molecular weight is 259 g/mol. The van der Waals surface area contributed by atoms with Crippen LogP contribution in [0.5, 0.6) is 0 Å². The minimum Gasteiger partial charge on any atom is -0.338 e. The van der Waals surface area contributed by atoms with E-state index in [1.165, 1.54) is 0 Å². The molecule has 0 saturated heterocycles. The standard InChI is InChI=1S/C14H21N5/c1-2-9-19(13-5-3-11(16)4-6-13)14-17-8-7-12(10-15)18-14/h7-8,11,13H,2-6,9,16H2,1H3. The summed E-state index contributed by atoms with van der Waals surface area (Å²) in [6, 6.07) is 4.51. The van der Waals surface area contributed by atoms with E-state index in [0.29, 0.717) is 23.7 Å². The normalized spacial score (nSPS) is 22.8. The molecule has 0 spiro atoms. The molecule has 0 atom stereocenters. The second-order valence-electron chi connectivity index (χ2n) is 5.12. The lowest BCUT2D eigenvalue weighted by atomic mass is 9.91. The monoisotopic (exact) mass is 259 g/mol. The zero-order valence-electron chi connectivity index (χ0n) is 11.4. The van der Waals surface area contributed by atoms with E-state index < -0.39 is 0 Å². The van der Waals surface area contributed by atoms with Crippen LogP contribution in [-0.2, 0) is 0 Å². The summed E-state index contributed by atoms with van der Waals surface area (Å²) >= 11 is 0. The Labute approximate surface area is 114 Å². The minimum atomic E-state index is 0.339. The van der Waals surface area contributed by atoms with Crippen LogP contribution in [0.25, 0.3) is 0 Å². The average Bonchev–Trinajstić information content (AvgIpc) is 2.46. The van der Waals surface area contributed by atoms with Crippen LogP contribution in [-0.4, -0.2) is 28.6 Å². The molecule has 1 saturated carbocycles. The van der Waals surface area contributed by atoms with Crippen molar-refractivity contribution in [1.29, 1.82) is 5.26 Å². The minimum absolute atomic E-state index is 0.339. The first-order chi connectivity index (χ1) is 9.24. The van der Waals surface area contributed by atoms with Gasteiger partial charge in [0.2, 0.25) is 5.95 Å². The third-order valence-corrected chi connectivity index (χ3v) is 3.66. The van der Waals surface area contributed by atoms with E-state index in [0.717, 1.165) is 38.6 Å². The third-order valence-electron chi connectivity index (χ3n) is 3.66. The van der Waals surface area contributed by atoms with E-state index >= 15 is 0 Å². The Hall–Kier alpha value is -1.67. The van der Waals surface area contributed by atoms with Crippen molar-refractivity contribution in [2.24, 2.45) is 5.73 Å². The van der Waals surface area contributed by atoms with Crippen molar-refractivity contribution in [3.05, 3.63) is 18.0 Å². The molecule has 1 fully saturated rings. The molecule has 0 aromatic carbocycles. The van der Waals surface area contributed by atoms with Crippen LogP contribution in [0.4, 0.5) is 5.95 Å². The molecule has 5 heteroatoms. The van der Waals surface area contributed by atoms with E-state index in [1.807, 2.05) is 0 Å². The Morgan fingerprint density at radius 1 is 1.42 bits per heavy atom. The Morgan fingerprint density at radius 2 is 2.16 bits per heavy atom. The molecule has 2 rings (SSSR count). The van der Waals surface area contributed by atoms with Gasteiger partial charge in [-0.25, -0.2) is 9.97 Å². The van der Waals surface area contributed by atoms with Crippen molar-refractivity contribution in [3.63, 3.8) is 0 Å². The quantitative estimate of drug-likeness (QED) is 0.892. The van der Waals surface area contributed by atoms with Gasteiger partial charge in [0.1, 0.15) is 11.8 Å². The number of rotatable bonds is 4. The summed E-state index contributed by atoms with van der Waals surface area (Å²) < 4.78 is 0. The lowest BCUT2D eigenvalue weighted by Gasteiger charge is -2.36. The molecule has 102 valence electrons. The topological polar surface area (TPSA) is 78.8 Å². The fraction of sp³-hybridized carbons (Fsp3) is 0.643. The van der Waals surface area contributed by atoms with Crippen molar-refractivity contribution >= 4 is 5.95 Å². The van der Waals surface area contributed by atoms with Gasteiger partial charge in [-0.2, -0.15) is 5.26 Å². The highest BCUT2D eigenvalue weighted by molar-refractivity contribution is 5.35. The van der Waals surface area contributed by atoms with Crippen molar-refractivity contribution in [2.75, 3.05) is 11.4 Å². The van der Waals surface area contributed by atoms with Gasteiger partial charge in [0.15, 0.2) is 0 Å². The maximum absolute atomic E-state index is 8.94. The molecule has 0 bridgehead atoms. The molecule has 5 nitrogen and oxygen atoms in total. The van der Waals surface area contributed by atoms with Crippen LogP contribution in [0, 0.1) is 11.3 Å². The summed E-state index contributed by atoms with van der Waals surface area (Å²) in [4.78, 5) is 10.9. The Balaban J connectivity index is 2.17. The molecule has 1 aliphatic rings. The summed E-state index contributed by atoms with van der Waals surface area (Å²) in [5.41, 5.74) is 6.39. The molecule has 1 aromatic rings. The predicted octanol–water partition coefficient (Wildman–Crippen LogP) is 1.83. The van der Waals surface area contributed by atoms with Gasteiger partial charge in [-0.05, 0) is 38.2 Å². The lowest BCUT2D eigenvalue weighted by molar-refractivity contribution is 0.372. The lowest BCUT2D eigenvalue weighted by Crippen LogP contribution is -2.42. The van der Waals surface area contributed by atoms with Crippen molar-refractivity contribution in [1.82, 2.24) is 9.97 Å². The van der Waals surface area contributed by atoms with E-state index in [2.05, 4.69) is 27.9 Å². The second-order valence-corrected chi connectivity index (χ2v) is 5.12. The molecule has 0 aliphatic heterocycles. The van der Waals surface area contributed by atoms with Crippen LogP contribution < -0.4 is 10.6 Å². The molecule has 2 N–H and O–H groups in total. The summed E-state index contributed by atoms with van der Waals surface area (Å²) in [5, 5.41) is 8.94. The number of nitriles is 1. The summed E-state index contributed by atoms with van der Waals surface area (Å²) in [5.74, 6) is 0.682. The Morgan fingerprint density at radius 3 is 2.79 bits per heavy atom. The molecule has 1 heterocycles. The number of hydrogen-bond donors (Lipinski definition) is 1. The molecule has 0 amide bonds. The van der Waals surface area contributed by atoms with Crippen LogP contribution in [0.15, 0.2) is 12.3 Å². The van der Waals surface area contributed by atoms with Gasteiger partial charge in [-0.1, -0.05) is 6.92 Å². The van der Waals surface area contributed by atoms with E-state index in [1.54, 1.807) is 12.3 Å². The summed E-state index contributed by atoms with van der Waals surface area (Å²) in [6.45, 7) is 3.07. The summed E-state index contributed by atoms with van der Waals surface area (Å²) in [7, 11) is 0. The first-order valence-corrected chi connectivity index (χ1v) is 7.00. The van der Waals surface area contributed by atoms with Gasteiger partial charge in [-0.3, -0.25) is 0 Å². The number of nitrogens with two attached hydrogens (primary N) is 1. The highest BCUT2D eigenvalue weighted by Crippen LogP contribution is 2.25. The SMILES string of the molecule is CCCN(c1nccc(C#N)n1)C1CCC(N)CC1. The first-order valence-electron chi connectivity index (χ1n) is 7.00. The van der Waals surface area contributed by atoms with Crippen molar-refractivity contribution < 1.29 is 0 Å². The van der Waals surface area contributed by atoms with Gasteiger partial charge in [0.05, 0.1) is 0 Å². The molecule has 1 aromatic heterocycles. The van der Waals surface area contributed by atoms with Gasteiger partial charge in [0.25, 0.3) is 0 Å². The molecule has 0 radical (unpaired) electrons. The maximum atomic E-state index is 8.94. The molecule has 19 heavy (non-hydrogen) atoms. The third kappa shape index (κ3) is 3.42. The maximum Gasteiger partial charge on any atom is 0.226 e. The first kappa shape index (κ1) is 13.8. The van der Waals surface area contributed by atoms with E-state index in [4.69, 9.17) is 11.0 Å². The van der Waals surface area contributed by atoms with Gasteiger partial charge < -0.3 is 10.6 Å². The molecule has 0 unspecified atom stereocenters. The fourth-order valence-corrected chi connectivity index (χ4v) is 2.65. The smallest absolute Gasteiger partial charge is 0.226 e. The van der Waals surface area contributed by atoms with Crippen molar-refractivity contribution in [2.45, 2.75) is 51.1 Å². The fourth-order valence-electron chi connectivity index (χ4n) is 2.65. The van der Waals surface area contributed by atoms with Gasteiger partial charge >= 0.3 is 0 Å². The van der Waals surface area contributed by atoms with Crippen LogP contribution in [0.2, 0.25) is 0 Å². The van der Waals surface area contributed by atoms with E-state index in [9.17, 15) is 0 Å². The Bertz CT molecular complexity index is 445. The highest BCUT2D eigenvalue weighted by atomic mass is 15.3. The molecular formula is C14H21N5. The van der Waals surface area contributed by atoms with Crippen LogP contribution in [0.3, 0.4) is 0 Å². The van der Waals surface area contributed by atoms with E-state index in [-0.39, 0.29) is 0 Å². The van der Waals surface area contributed by atoms with Crippen LogP contribution in [0.1, 0.15) is 44.7 Å².